The molecule has 1 heterocycles. The fourth-order valence-electron chi connectivity index (χ4n) is 1.87. The van der Waals surface area contributed by atoms with Gasteiger partial charge in [-0.05, 0) is 18.2 Å². The molecule has 0 atom stereocenters. The highest BCUT2D eigenvalue weighted by Crippen LogP contribution is 2.34. The number of nitrogens with two attached hydrogens (primary N) is 1. The number of pyridine rings is 1. The first-order valence-electron chi connectivity index (χ1n) is 6.19. The minimum atomic E-state index is 0.328. The van der Waals surface area contributed by atoms with Gasteiger partial charge in [-0.3, -0.25) is 0 Å². The van der Waals surface area contributed by atoms with Gasteiger partial charge in [-0.25, -0.2) is 10.8 Å². The predicted molar refractivity (Wildman–Crippen MR) is 85.7 cm³/mol. The van der Waals surface area contributed by atoms with Crippen molar-refractivity contribution >= 4 is 40.5 Å². The summed E-state index contributed by atoms with van der Waals surface area (Å²) < 4.78 is 0. The van der Waals surface area contributed by atoms with Crippen molar-refractivity contribution in [1.29, 1.82) is 5.26 Å². The Hall–Kier alpha value is -2.00. The number of nitriles is 1. The lowest BCUT2D eigenvalue weighted by atomic mass is 10.2. The van der Waals surface area contributed by atoms with Gasteiger partial charge in [-0.15, -0.1) is 0 Å². The SMILES string of the molecule is N#CCCN(c1ccccc1)c1nc(NN)c(Cl)cc1Cl. The first kappa shape index (κ1) is 15.4. The molecule has 0 saturated carbocycles. The van der Waals surface area contributed by atoms with Gasteiger partial charge in [0.2, 0.25) is 0 Å². The molecular weight excluding hydrogens is 309 g/mol. The van der Waals surface area contributed by atoms with Gasteiger partial charge < -0.3 is 10.3 Å². The minimum absolute atomic E-state index is 0.328. The van der Waals surface area contributed by atoms with Crippen LogP contribution < -0.4 is 16.2 Å². The Bertz CT molecular complexity index is 654. The van der Waals surface area contributed by atoms with Crippen LogP contribution in [0.4, 0.5) is 17.3 Å². The standard InChI is InChI=1S/C14H13Cl2N5/c15-11-9-12(16)14(19-13(11)20-18)21(8-4-7-17)10-5-2-1-3-6-10/h1-3,5-6,9H,4,8,18H2,(H,19,20). The minimum Gasteiger partial charge on any atom is -0.324 e. The summed E-state index contributed by atoms with van der Waals surface area (Å²) in [7, 11) is 0. The second-order valence-electron chi connectivity index (χ2n) is 4.16. The number of nitrogens with zero attached hydrogens (tertiary/aromatic N) is 3. The van der Waals surface area contributed by atoms with Gasteiger partial charge in [0.1, 0.15) is 0 Å². The van der Waals surface area contributed by atoms with E-state index in [9.17, 15) is 0 Å². The topological polar surface area (TPSA) is 78.0 Å². The summed E-state index contributed by atoms with van der Waals surface area (Å²) in [5, 5.41) is 9.56. The summed E-state index contributed by atoms with van der Waals surface area (Å²) in [5.74, 6) is 6.22. The molecule has 0 radical (unpaired) electrons. The summed E-state index contributed by atoms with van der Waals surface area (Å²) in [6.45, 7) is 0.457. The van der Waals surface area contributed by atoms with E-state index in [1.165, 1.54) is 0 Å². The number of rotatable bonds is 5. The zero-order valence-corrected chi connectivity index (χ0v) is 12.6. The molecule has 108 valence electrons. The Balaban J connectivity index is 2.49. The molecule has 5 nitrogen and oxygen atoms in total. The van der Waals surface area contributed by atoms with Crippen LogP contribution in [-0.4, -0.2) is 11.5 Å². The molecule has 1 aromatic heterocycles. The van der Waals surface area contributed by atoms with E-state index in [4.69, 9.17) is 34.3 Å². The average molecular weight is 322 g/mol. The largest absolute Gasteiger partial charge is 0.324 e. The first-order chi connectivity index (χ1) is 10.2. The van der Waals surface area contributed by atoms with Crippen LogP contribution in [0, 0.1) is 11.3 Å². The Labute approximate surface area is 132 Å². The third-order valence-corrected chi connectivity index (χ3v) is 3.38. The second-order valence-corrected chi connectivity index (χ2v) is 4.98. The number of hydrazine groups is 1. The van der Waals surface area contributed by atoms with E-state index in [0.29, 0.717) is 34.6 Å². The Kier molecular flexibility index (Phi) is 5.23. The van der Waals surface area contributed by atoms with Crippen LogP contribution >= 0.6 is 23.2 Å². The van der Waals surface area contributed by atoms with E-state index in [0.717, 1.165) is 5.69 Å². The average Bonchev–Trinajstić information content (AvgIpc) is 2.50. The van der Waals surface area contributed by atoms with Gasteiger partial charge in [0.15, 0.2) is 11.6 Å². The monoisotopic (exact) mass is 321 g/mol. The summed E-state index contributed by atoms with van der Waals surface area (Å²) in [5.41, 5.74) is 3.31. The highest BCUT2D eigenvalue weighted by atomic mass is 35.5. The third-order valence-electron chi connectivity index (χ3n) is 2.82. The number of aromatic nitrogens is 1. The Morgan fingerprint density at radius 1 is 1.24 bits per heavy atom. The molecule has 2 aromatic rings. The molecule has 0 bridgehead atoms. The maximum atomic E-state index is 8.84. The lowest BCUT2D eigenvalue weighted by molar-refractivity contribution is 0.927. The number of hydrogen-bond acceptors (Lipinski definition) is 5. The Morgan fingerprint density at radius 3 is 2.57 bits per heavy atom. The van der Waals surface area contributed by atoms with E-state index in [1.54, 1.807) is 6.07 Å². The molecule has 0 aliphatic carbocycles. The lowest BCUT2D eigenvalue weighted by Gasteiger charge is -2.24. The van der Waals surface area contributed by atoms with E-state index >= 15 is 0 Å². The number of halogens is 2. The molecule has 21 heavy (non-hydrogen) atoms. The smallest absolute Gasteiger partial charge is 0.161 e. The molecule has 1 aromatic carbocycles. The van der Waals surface area contributed by atoms with Crippen molar-refractivity contribution in [3.63, 3.8) is 0 Å². The fourth-order valence-corrected chi connectivity index (χ4v) is 2.39. The van der Waals surface area contributed by atoms with E-state index in [-0.39, 0.29) is 0 Å². The first-order valence-corrected chi connectivity index (χ1v) is 6.95. The van der Waals surface area contributed by atoms with Crippen molar-refractivity contribution in [2.45, 2.75) is 6.42 Å². The van der Waals surface area contributed by atoms with Gasteiger partial charge >= 0.3 is 0 Å². The van der Waals surface area contributed by atoms with Crippen LogP contribution in [-0.2, 0) is 0 Å². The van der Waals surface area contributed by atoms with E-state index in [2.05, 4.69) is 16.5 Å². The molecule has 2 rings (SSSR count). The van der Waals surface area contributed by atoms with Gasteiger partial charge in [-0.1, -0.05) is 41.4 Å². The number of nitrogens with one attached hydrogen (secondary N) is 1. The van der Waals surface area contributed by atoms with Crippen molar-refractivity contribution in [3.8, 4) is 6.07 Å². The molecule has 0 fully saturated rings. The normalized spacial score (nSPS) is 10.0. The lowest BCUT2D eigenvalue weighted by Crippen LogP contribution is -2.21. The summed E-state index contributed by atoms with van der Waals surface area (Å²) in [4.78, 5) is 6.19. The molecule has 0 aliphatic rings. The van der Waals surface area contributed by atoms with Crippen molar-refractivity contribution in [3.05, 3.63) is 46.4 Å². The fraction of sp³-hybridized carbons (Fsp3) is 0.143. The number of anilines is 3. The molecule has 0 spiro atoms. The van der Waals surface area contributed by atoms with Crippen molar-refractivity contribution in [1.82, 2.24) is 4.98 Å². The highest BCUT2D eigenvalue weighted by molar-refractivity contribution is 6.37. The van der Waals surface area contributed by atoms with E-state index in [1.807, 2.05) is 35.2 Å². The quantitative estimate of drug-likeness (QED) is 0.648. The second kappa shape index (κ2) is 7.14. The van der Waals surface area contributed by atoms with Gasteiger partial charge in [0.05, 0.1) is 22.5 Å². The summed E-state index contributed by atoms with van der Waals surface area (Å²) in [6, 6.07) is 13.2. The molecular formula is C14H13Cl2N5. The predicted octanol–water partition coefficient (Wildman–Crippen LogP) is 3.73. The Morgan fingerprint density at radius 2 is 1.95 bits per heavy atom. The maximum absolute atomic E-state index is 8.84. The molecule has 0 aliphatic heterocycles. The zero-order chi connectivity index (χ0) is 15.2. The number of nitrogen functional groups attached to an aromatic ring is 1. The molecule has 3 N–H and O–H groups in total. The number of benzene rings is 1. The number of hydrogen-bond donors (Lipinski definition) is 2. The van der Waals surface area contributed by atoms with Crippen LogP contribution in [0.5, 0.6) is 0 Å². The molecule has 7 heteroatoms. The van der Waals surface area contributed by atoms with E-state index < -0.39 is 0 Å². The van der Waals surface area contributed by atoms with Crippen molar-refractivity contribution in [2.75, 3.05) is 16.9 Å². The summed E-state index contributed by atoms with van der Waals surface area (Å²) in [6.07, 6.45) is 0.334. The van der Waals surface area contributed by atoms with Gasteiger partial charge in [0, 0.05) is 12.2 Å². The van der Waals surface area contributed by atoms with Crippen molar-refractivity contribution < 1.29 is 0 Å². The van der Waals surface area contributed by atoms with Crippen LogP contribution in [0.15, 0.2) is 36.4 Å². The van der Waals surface area contributed by atoms with Crippen LogP contribution in [0.25, 0.3) is 0 Å². The van der Waals surface area contributed by atoms with Gasteiger partial charge in [0.25, 0.3) is 0 Å². The molecule has 0 unspecified atom stereocenters. The molecule has 0 amide bonds. The maximum Gasteiger partial charge on any atom is 0.161 e. The third kappa shape index (κ3) is 3.56. The van der Waals surface area contributed by atoms with Crippen LogP contribution in [0.3, 0.4) is 0 Å². The van der Waals surface area contributed by atoms with Crippen LogP contribution in [0.2, 0.25) is 10.0 Å². The van der Waals surface area contributed by atoms with Gasteiger partial charge in [-0.2, -0.15) is 5.26 Å². The highest BCUT2D eigenvalue weighted by Gasteiger charge is 2.16. The zero-order valence-electron chi connectivity index (χ0n) is 11.1. The van der Waals surface area contributed by atoms with Crippen LogP contribution in [0.1, 0.15) is 6.42 Å². The van der Waals surface area contributed by atoms with Crippen molar-refractivity contribution in [2.24, 2.45) is 5.84 Å². The number of para-hydroxylation sites is 1. The summed E-state index contributed by atoms with van der Waals surface area (Å²) >= 11 is 12.2. The molecule has 0 saturated heterocycles.